The van der Waals surface area contributed by atoms with Crippen molar-refractivity contribution < 1.29 is 9.53 Å². The molecule has 31 heavy (non-hydrogen) atoms. The Hall–Kier alpha value is -2.93. The fourth-order valence-electron chi connectivity index (χ4n) is 4.36. The van der Waals surface area contributed by atoms with Crippen molar-refractivity contribution in [3.63, 3.8) is 0 Å². The van der Waals surface area contributed by atoms with Crippen molar-refractivity contribution in [1.82, 2.24) is 15.2 Å². The number of nitrogens with two attached hydrogens (primary N) is 1. The molecule has 1 fully saturated rings. The predicted octanol–water partition coefficient (Wildman–Crippen LogP) is 3.80. The minimum absolute atomic E-state index is 0.261. The van der Waals surface area contributed by atoms with Gasteiger partial charge in [0.05, 0.1) is 23.9 Å². The van der Waals surface area contributed by atoms with Gasteiger partial charge in [-0.05, 0) is 43.2 Å². The van der Waals surface area contributed by atoms with E-state index in [9.17, 15) is 4.79 Å². The van der Waals surface area contributed by atoms with Gasteiger partial charge in [0, 0.05) is 24.8 Å². The van der Waals surface area contributed by atoms with Gasteiger partial charge in [0.25, 0.3) is 0 Å². The number of pyridine rings is 1. The van der Waals surface area contributed by atoms with Crippen molar-refractivity contribution in [2.24, 2.45) is 5.73 Å². The molecule has 1 aromatic carbocycles. The van der Waals surface area contributed by atoms with Gasteiger partial charge in [0.2, 0.25) is 0 Å². The van der Waals surface area contributed by atoms with Crippen LogP contribution >= 0.6 is 0 Å². The summed E-state index contributed by atoms with van der Waals surface area (Å²) in [5, 5.41) is 7.84. The van der Waals surface area contributed by atoms with Crippen LogP contribution in [0.3, 0.4) is 0 Å². The summed E-state index contributed by atoms with van der Waals surface area (Å²) in [5.74, 6) is 0.167. The Morgan fingerprint density at radius 3 is 2.58 bits per heavy atom. The standard InChI is InChI=1S/C24H31N5O2/c1-4-31-23(30)20-14-26-22-19(15-27-28-22)21(20)29-11-9-24(25,10-12-29)13-17-5-7-18(8-6-17)16(2)3/h5-8,14-16H,4,9-13,25H2,1-3H3,(H,26,27,28). The summed E-state index contributed by atoms with van der Waals surface area (Å²) >= 11 is 0. The summed E-state index contributed by atoms with van der Waals surface area (Å²) in [5.41, 5.74) is 11.1. The molecule has 1 aliphatic rings. The molecule has 7 heteroatoms. The number of hydrogen-bond donors (Lipinski definition) is 2. The van der Waals surface area contributed by atoms with Crippen LogP contribution in [-0.2, 0) is 11.2 Å². The Morgan fingerprint density at radius 2 is 1.94 bits per heavy atom. The number of fused-ring (bicyclic) bond motifs is 1. The summed E-state index contributed by atoms with van der Waals surface area (Å²) in [7, 11) is 0. The summed E-state index contributed by atoms with van der Waals surface area (Å²) < 4.78 is 5.27. The monoisotopic (exact) mass is 421 g/mol. The predicted molar refractivity (Wildman–Crippen MR) is 122 cm³/mol. The quantitative estimate of drug-likeness (QED) is 0.588. The highest BCUT2D eigenvalue weighted by Gasteiger charge is 2.33. The molecule has 3 heterocycles. The average molecular weight is 422 g/mol. The molecular weight excluding hydrogens is 390 g/mol. The van der Waals surface area contributed by atoms with Crippen LogP contribution in [0.25, 0.3) is 11.0 Å². The van der Waals surface area contributed by atoms with Crippen molar-refractivity contribution >= 4 is 22.7 Å². The lowest BCUT2D eigenvalue weighted by Gasteiger charge is -2.41. The number of anilines is 1. The molecule has 0 aliphatic carbocycles. The van der Waals surface area contributed by atoms with E-state index in [0.29, 0.717) is 23.7 Å². The molecule has 164 valence electrons. The molecule has 3 aromatic rings. The third-order valence-corrected chi connectivity index (χ3v) is 6.23. The topological polar surface area (TPSA) is 97.1 Å². The number of rotatable bonds is 6. The minimum Gasteiger partial charge on any atom is -0.462 e. The van der Waals surface area contributed by atoms with Gasteiger partial charge in [0.1, 0.15) is 5.56 Å². The first-order valence-electron chi connectivity index (χ1n) is 11.0. The minimum atomic E-state index is -0.358. The van der Waals surface area contributed by atoms with Gasteiger partial charge in [-0.3, -0.25) is 5.10 Å². The van der Waals surface area contributed by atoms with Crippen molar-refractivity contribution in [2.45, 2.75) is 51.5 Å². The van der Waals surface area contributed by atoms with E-state index in [1.807, 2.05) is 0 Å². The molecular formula is C24H31N5O2. The Morgan fingerprint density at radius 1 is 1.23 bits per heavy atom. The van der Waals surface area contributed by atoms with Crippen molar-refractivity contribution in [3.8, 4) is 0 Å². The molecule has 0 atom stereocenters. The molecule has 0 unspecified atom stereocenters. The van der Waals surface area contributed by atoms with E-state index in [2.05, 4.69) is 58.2 Å². The van der Waals surface area contributed by atoms with Crippen molar-refractivity contribution in [3.05, 3.63) is 53.3 Å². The summed E-state index contributed by atoms with van der Waals surface area (Å²) in [6.45, 7) is 8.06. The van der Waals surface area contributed by atoms with Crippen LogP contribution < -0.4 is 10.6 Å². The molecule has 0 radical (unpaired) electrons. The van der Waals surface area contributed by atoms with E-state index in [-0.39, 0.29) is 11.5 Å². The Labute approximate surface area is 183 Å². The number of carbonyl (C=O) groups excluding carboxylic acids is 1. The highest BCUT2D eigenvalue weighted by Crippen LogP contribution is 2.34. The second-order valence-electron chi connectivity index (χ2n) is 8.80. The fraction of sp³-hybridized carbons (Fsp3) is 0.458. The highest BCUT2D eigenvalue weighted by atomic mass is 16.5. The molecule has 0 amide bonds. The molecule has 1 aliphatic heterocycles. The molecule has 7 nitrogen and oxygen atoms in total. The average Bonchev–Trinajstić information content (AvgIpc) is 3.23. The molecule has 1 saturated heterocycles. The zero-order valence-corrected chi connectivity index (χ0v) is 18.5. The number of aromatic nitrogens is 3. The number of hydrogen-bond acceptors (Lipinski definition) is 6. The van der Waals surface area contributed by atoms with E-state index in [1.54, 1.807) is 19.3 Å². The van der Waals surface area contributed by atoms with E-state index >= 15 is 0 Å². The van der Waals surface area contributed by atoms with Gasteiger partial charge in [-0.2, -0.15) is 5.10 Å². The number of esters is 1. The number of aromatic amines is 1. The number of H-pyrrole nitrogens is 1. The normalized spacial score (nSPS) is 16.1. The van der Waals surface area contributed by atoms with Gasteiger partial charge >= 0.3 is 5.97 Å². The lowest BCUT2D eigenvalue weighted by Crippen LogP contribution is -2.52. The molecule has 4 rings (SSSR count). The number of nitrogens with zero attached hydrogens (tertiary/aromatic N) is 3. The zero-order valence-electron chi connectivity index (χ0n) is 18.5. The maximum Gasteiger partial charge on any atom is 0.341 e. The van der Waals surface area contributed by atoms with Gasteiger partial charge < -0.3 is 15.4 Å². The zero-order chi connectivity index (χ0) is 22.0. The molecule has 2 aromatic heterocycles. The second-order valence-corrected chi connectivity index (χ2v) is 8.80. The van der Waals surface area contributed by atoms with Crippen LogP contribution in [0.1, 0.15) is 61.0 Å². The number of ether oxygens (including phenoxy) is 1. The Bertz CT molecular complexity index is 1050. The van der Waals surface area contributed by atoms with E-state index in [1.165, 1.54) is 11.1 Å². The van der Waals surface area contributed by atoms with Gasteiger partial charge in [-0.15, -0.1) is 0 Å². The van der Waals surface area contributed by atoms with E-state index in [4.69, 9.17) is 10.5 Å². The van der Waals surface area contributed by atoms with Crippen molar-refractivity contribution in [1.29, 1.82) is 0 Å². The molecule has 3 N–H and O–H groups in total. The van der Waals surface area contributed by atoms with Crippen LogP contribution in [0.4, 0.5) is 5.69 Å². The lowest BCUT2D eigenvalue weighted by atomic mass is 9.82. The third-order valence-electron chi connectivity index (χ3n) is 6.23. The lowest BCUT2D eigenvalue weighted by molar-refractivity contribution is 0.0526. The van der Waals surface area contributed by atoms with Crippen LogP contribution in [-0.4, -0.2) is 46.4 Å². The Balaban J connectivity index is 1.53. The van der Waals surface area contributed by atoms with E-state index < -0.39 is 0 Å². The van der Waals surface area contributed by atoms with Gasteiger partial charge in [0.15, 0.2) is 5.65 Å². The highest BCUT2D eigenvalue weighted by molar-refractivity contribution is 6.04. The number of benzene rings is 1. The largest absolute Gasteiger partial charge is 0.462 e. The smallest absolute Gasteiger partial charge is 0.341 e. The third kappa shape index (κ3) is 4.42. The second kappa shape index (κ2) is 8.67. The van der Waals surface area contributed by atoms with Crippen LogP contribution in [0.15, 0.2) is 36.7 Å². The maximum absolute atomic E-state index is 12.6. The van der Waals surface area contributed by atoms with Gasteiger partial charge in [-0.25, -0.2) is 9.78 Å². The molecule has 0 bridgehead atoms. The van der Waals surface area contributed by atoms with Crippen LogP contribution in [0.2, 0.25) is 0 Å². The SMILES string of the molecule is CCOC(=O)c1cnc2[nH]ncc2c1N1CCC(N)(Cc2ccc(C(C)C)cc2)CC1. The first kappa shape index (κ1) is 21.3. The van der Waals surface area contributed by atoms with Crippen LogP contribution in [0.5, 0.6) is 0 Å². The number of carbonyl (C=O) groups is 1. The maximum atomic E-state index is 12.6. The number of nitrogens with one attached hydrogen (secondary N) is 1. The summed E-state index contributed by atoms with van der Waals surface area (Å²) in [6, 6.07) is 8.81. The van der Waals surface area contributed by atoms with Gasteiger partial charge in [-0.1, -0.05) is 38.1 Å². The summed E-state index contributed by atoms with van der Waals surface area (Å²) in [6.07, 6.45) is 5.82. The number of piperidine rings is 1. The first-order valence-corrected chi connectivity index (χ1v) is 11.0. The molecule has 0 saturated carbocycles. The molecule has 0 spiro atoms. The van der Waals surface area contributed by atoms with Crippen LogP contribution in [0, 0.1) is 0 Å². The van der Waals surface area contributed by atoms with Crippen molar-refractivity contribution in [2.75, 3.05) is 24.6 Å². The van der Waals surface area contributed by atoms with E-state index in [0.717, 1.165) is 43.4 Å². The first-order chi connectivity index (χ1) is 14.9. The fourth-order valence-corrected chi connectivity index (χ4v) is 4.36. The Kier molecular flexibility index (Phi) is 5.96. The summed E-state index contributed by atoms with van der Waals surface area (Å²) in [4.78, 5) is 19.1.